The van der Waals surface area contributed by atoms with Gasteiger partial charge in [0.25, 0.3) is 5.91 Å². The molecule has 140 valence electrons. The normalized spacial score (nSPS) is 11.3. The topological polar surface area (TPSA) is 80.0 Å². The summed E-state index contributed by atoms with van der Waals surface area (Å²) < 4.78 is 5.23. The first-order chi connectivity index (χ1) is 12.8. The van der Waals surface area contributed by atoms with Crippen LogP contribution in [0.1, 0.15) is 48.3 Å². The van der Waals surface area contributed by atoms with E-state index in [2.05, 4.69) is 47.4 Å². The summed E-state index contributed by atoms with van der Waals surface area (Å²) in [5.74, 6) is 0.811. The van der Waals surface area contributed by atoms with Gasteiger partial charge in [-0.25, -0.2) is 9.97 Å². The van der Waals surface area contributed by atoms with E-state index in [-0.39, 0.29) is 11.3 Å². The Morgan fingerprint density at radius 3 is 2.59 bits per heavy atom. The van der Waals surface area contributed by atoms with Crippen molar-refractivity contribution in [2.75, 3.05) is 5.32 Å². The maximum atomic E-state index is 12.5. The van der Waals surface area contributed by atoms with Gasteiger partial charge in [-0.3, -0.25) is 4.79 Å². The molecule has 0 unspecified atom stereocenters. The van der Waals surface area contributed by atoms with Crippen LogP contribution >= 0.6 is 0 Å². The summed E-state index contributed by atoms with van der Waals surface area (Å²) >= 11 is 0. The van der Waals surface area contributed by atoms with Crippen LogP contribution in [0, 0.1) is 6.92 Å². The molecule has 3 aromatic rings. The fraction of sp³-hybridized carbons (Fsp3) is 0.286. The summed E-state index contributed by atoms with van der Waals surface area (Å²) in [6.07, 6.45) is 1.57. The van der Waals surface area contributed by atoms with Gasteiger partial charge in [0.15, 0.2) is 0 Å². The number of rotatable bonds is 5. The number of hydrogen-bond donors (Lipinski definition) is 2. The average molecular weight is 364 g/mol. The molecule has 1 aromatic carbocycles. The number of benzene rings is 1. The zero-order chi connectivity index (χ0) is 19.4. The number of hydrogen-bond acceptors (Lipinski definition) is 5. The van der Waals surface area contributed by atoms with E-state index in [4.69, 9.17) is 4.42 Å². The standard InChI is InChI=1S/C21H24N4O2/c1-14-12-18(19(26)22-13-15-8-7-11-27-15)25-20(23-14)24-17-10-6-5-9-16(17)21(2,3)4/h5-12H,13H2,1-4H3,(H,22,26)(H,23,24,25). The molecule has 0 aliphatic heterocycles. The SMILES string of the molecule is Cc1cc(C(=O)NCc2ccco2)nc(Nc2ccccc2C(C)(C)C)n1. The van der Waals surface area contributed by atoms with Gasteiger partial charge in [0.2, 0.25) is 5.95 Å². The lowest BCUT2D eigenvalue weighted by Crippen LogP contribution is -2.24. The molecule has 0 aliphatic rings. The molecule has 2 aromatic heterocycles. The van der Waals surface area contributed by atoms with Crippen molar-refractivity contribution in [3.63, 3.8) is 0 Å². The van der Waals surface area contributed by atoms with E-state index in [0.29, 0.717) is 29.6 Å². The minimum absolute atomic E-state index is 0.0311. The summed E-state index contributed by atoms with van der Waals surface area (Å²) in [5.41, 5.74) is 3.07. The molecular formula is C21H24N4O2. The van der Waals surface area contributed by atoms with Crippen LogP contribution in [0.25, 0.3) is 0 Å². The second-order valence-electron chi connectivity index (χ2n) is 7.40. The van der Waals surface area contributed by atoms with Gasteiger partial charge < -0.3 is 15.1 Å². The predicted octanol–water partition coefficient (Wildman–Crippen LogP) is 4.35. The van der Waals surface area contributed by atoms with Gasteiger partial charge in [0, 0.05) is 11.4 Å². The van der Waals surface area contributed by atoms with Gasteiger partial charge in [-0.2, -0.15) is 0 Å². The Morgan fingerprint density at radius 1 is 1.11 bits per heavy atom. The number of nitrogens with zero attached hydrogens (tertiary/aromatic N) is 2. The molecule has 0 fully saturated rings. The molecular weight excluding hydrogens is 340 g/mol. The van der Waals surface area contributed by atoms with Crippen molar-refractivity contribution in [3.05, 3.63) is 71.4 Å². The monoisotopic (exact) mass is 364 g/mol. The fourth-order valence-electron chi connectivity index (χ4n) is 2.78. The van der Waals surface area contributed by atoms with Crippen LogP contribution < -0.4 is 10.6 Å². The zero-order valence-corrected chi connectivity index (χ0v) is 16.0. The first-order valence-corrected chi connectivity index (χ1v) is 8.86. The largest absolute Gasteiger partial charge is 0.467 e. The van der Waals surface area contributed by atoms with Crippen LogP contribution in [0.2, 0.25) is 0 Å². The lowest BCUT2D eigenvalue weighted by molar-refractivity contribution is 0.0943. The molecule has 2 heterocycles. The van der Waals surface area contributed by atoms with Crippen LogP contribution in [0.15, 0.2) is 53.1 Å². The second kappa shape index (κ2) is 7.61. The van der Waals surface area contributed by atoms with Gasteiger partial charge in [-0.1, -0.05) is 39.0 Å². The molecule has 2 N–H and O–H groups in total. The van der Waals surface area contributed by atoms with Crippen molar-refractivity contribution in [3.8, 4) is 0 Å². The van der Waals surface area contributed by atoms with Gasteiger partial charge in [0.05, 0.1) is 12.8 Å². The molecule has 3 rings (SSSR count). The van der Waals surface area contributed by atoms with E-state index in [1.165, 1.54) is 0 Å². The zero-order valence-electron chi connectivity index (χ0n) is 16.0. The summed E-state index contributed by atoms with van der Waals surface area (Å²) in [6.45, 7) is 8.60. The Kier molecular flexibility index (Phi) is 5.26. The van der Waals surface area contributed by atoms with Crippen molar-refractivity contribution >= 4 is 17.5 Å². The molecule has 0 saturated carbocycles. The molecule has 27 heavy (non-hydrogen) atoms. The number of amides is 1. The number of carbonyl (C=O) groups is 1. The summed E-state index contributed by atoms with van der Waals surface area (Å²) in [6, 6.07) is 13.3. The third-order valence-electron chi connectivity index (χ3n) is 4.07. The minimum Gasteiger partial charge on any atom is -0.467 e. The molecule has 0 spiro atoms. The van der Waals surface area contributed by atoms with Crippen molar-refractivity contribution in [2.45, 2.75) is 39.7 Å². The molecule has 6 heteroatoms. The number of furan rings is 1. The maximum absolute atomic E-state index is 12.5. The summed E-state index contributed by atoms with van der Waals surface area (Å²) in [5, 5.41) is 6.07. The first-order valence-electron chi connectivity index (χ1n) is 8.86. The molecule has 0 saturated heterocycles. The van der Waals surface area contributed by atoms with Crippen LogP contribution in [0.5, 0.6) is 0 Å². The van der Waals surface area contributed by atoms with Crippen LogP contribution in [0.4, 0.5) is 11.6 Å². The van der Waals surface area contributed by atoms with E-state index >= 15 is 0 Å². The highest BCUT2D eigenvalue weighted by Gasteiger charge is 2.18. The molecule has 0 aliphatic carbocycles. The van der Waals surface area contributed by atoms with Crippen molar-refractivity contribution in [2.24, 2.45) is 0 Å². The molecule has 1 amide bonds. The molecule has 0 radical (unpaired) electrons. The van der Waals surface area contributed by atoms with Crippen molar-refractivity contribution in [1.82, 2.24) is 15.3 Å². The van der Waals surface area contributed by atoms with Crippen LogP contribution in [-0.4, -0.2) is 15.9 Å². The Balaban J connectivity index is 1.81. The number of carbonyl (C=O) groups excluding carboxylic acids is 1. The van der Waals surface area contributed by atoms with E-state index in [0.717, 1.165) is 11.3 Å². The number of para-hydroxylation sites is 1. The Bertz CT molecular complexity index is 928. The van der Waals surface area contributed by atoms with Gasteiger partial charge in [-0.05, 0) is 42.2 Å². The van der Waals surface area contributed by atoms with E-state index < -0.39 is 0 Å². The lowest BCUT2D eigenvalue weighted by atomic mass is 9.86. The van der Waals surface area contributed by atoms with E-state index in [9.17, 15) is 4.79 Å². The fourth-order valence-corrected chi connectivity index (χ4v) is 2.78. The summed E-state index contributed by atoms with van der Waals surface area (Å²) in [4.78, 5) is 21.3. The number of aryl methyl sites for hydroxylation is 1. The number of aromatic nitrogens is 2. The average Bonchev–Trinajstić information content (AvgIpc) is 3.12. The lowest BCUT2D eigenvalue weighted by Gasteiger charge is -2.23. The highest BCUT2D eigenvalue weighted by Crippen LogP contribution is 2.30. The van der Waals surface area contributed by atoms with Gasteiger partial charge >= 0.3 is 0 Å². The highest BCUT2D eigenvalue weighted by atomic mass is 16.3. The maximum Gasteiger partial charge on any atom is 0.270 e. The van der Waals surface area contributed by atoms with Crippen molar-refractivity contribution in [1.29, 1.82) is 0 Å². The van der Waals surface area contributed by atoms with Crippen molar-refractivity contribution < 1.29 is 9.21 Å². The first kappa shape index (κ1) is 18.6. The molecule has 0 bridgehead atoms. The quantitative estimate of drug-likeness (QED) is 0.703. The highest BCUT2D eigenvalue weighted by molar-refractivity contribution is 5.92. The van der Waals surface area contributed by atoms with Gasteiger partial charge in [0.1, 0.15) is 11.5 Å². The van der Waals surface area contributed by atoms with Crippen LogP contribution in [0.3, 0.4) is 0 Å². The predicted molar refractivity (Wildman–Crippen MR) is 105 cm³/mol. The molecule has 6 nitrogen and oxygen atoms in total. The van der Waals surface area contributed by atoms with Gasteiger partial charge in [-0.15, -0.1) is 0 Å². The smallest absolute Gasteiger partial charge is 0.270 e. The summed E-state index contributed by atoms with van der Waals surface area (Å²) in [7, 11) is 0. The number of anilines is 2. The Morgan fingerprint density at radius 2 is 1.89 bits per heavy atom. The third-order valence-corrected chi connectivity index (χ3v) is 4.07. The third kappa shape index (κ3) is 4.73. The van der Waals surface area contributed by atoms with E-state index in [1.54, 1.807) is 18.4 Å². The molecule has 0 atom stereocenters. The van der Waals surface area contributed by atoms with Crippen LogP contribution in [-0.2, 0) is 12.0 Å². The minimum atomic E-state index is -0.274. The second-order valence-corrected chi connectivity index (χ2v) is 7.40. The number of nitrogens with one attached hydrogen (secondary N) is 2. The Labute approximate surface area is 159 Å². The Hall–Kier alpha value is -3.15. The van der Waals surface area contributed by atoms with E-state index in [1.807, 2.05) is 31.2 Å².